The van der Waals surface area contributed by atoms with Crippen LogP contribution in [-0.4, -0.2) is 49.6 Å². The average molecular weight is 224 g/mol. The van der Waals surface area contributed by atoms with Crippen molar-refractivity contribution in [2.45, 2.75) is 32.7 Å². The van der Waals surface area contributed by atoms with Crippen molar-refractivity contribution < 1.29 is 0 Å². The van der Waals surface area contributed by atoms with E-state index in [0.29, 0.717) is 6.04 Å². The van der Waals surface area contributed by atoms with E-state index in [9.17, 15) is 0 Å². The summed E-state index contributed by atoms with van der Waals surface area (Å²) in [4.78, 5) is 6.98. The summed E-state index contributed by atoms with van der Waals surface area (Å²) in [5, 5.41) is 6.77. The van der Waals surface area contributed by atoms with E-state index in [0.717, 1.165) is 25.0 Å². The second-order valence-corrected chi connectivity index (χ2v) is 5.07. The number of nitrogens with zero attached hydrogens (tertiary/aromatic N) is 2. The smallest absolute Gasteiger partial charge is 0.191 e. The van der Waals surface area contributed by atoms with Crippen LogP contribution in [-0.2, 0) is 0 Å². The highest BCUT2D eigenvalue weighted by atomic mass is 15.2. The van der Waals surface area contributed by atoms with E-state index in [1.165, 1.54) is 32.5 Å². The van der Waals surface area contributed by atoms with Gasteiger partial charge in [-0.05, 0) is 38.8 Å². The molecule has 0 amide bonds. The van der Waals surface area contributed by atoms with Crippen molar-refractivity contribution >= 4 is 5.96 Å². The van der Waals surface area contributed by atoms with Gasteiger partial charge in [0.1, 0.15) is 0 Å². The van der Waals surface area contributed by atoms with Crippen molar-refractivity contribution in [1.29, 1.82) is 0 Å². The number of likely N-dealkylation sites (tertiary alicyclic amines) is 1. The Morgan fingerprint density at radius 3 is 3.12 bits per heavy atom. The van der Waals surface area contributed by atoms with Crippen LogP contribution in [0.5, 0.6) is 0 Å². The first-order valence-corrected chi connectivity index (χ1v) is 6.55. The molecule has 4 heteroatoms. The molecule has 92 valence electrons. The number of nitrogens with one attached hydrogen (secondary N) is 2. The Kier molecular flexibility index (Phi) is 4.04. The standard InChI is InChI=1S/C12H24N4/c1-3-5-16-6-4-11(9-16)8-14-12-13-7-10(2)15-12/h10-11H,3-9H2,1-2H3,(H2,13,14,15). The molecule has 4 nitrogen and oxygen atoms in total. The fourth-order valence-electron chi connectivity index (χ4n) is 2.50. The van der Waals surface area contributed by atoms with E-state index in [-0.39, 0.29) is 0 Å². The molecule has 2 aliphatic heterocycles. The maximum absolute atomic E-state index is 4.41. The third-order valence-electron chi connectivity index (χ3n) is 3.37. The van der Waals surface area contributed by atoms with Crippen LogP contribution < -0.4 is 10.6 Å². The van der Waals surface area contributed by atoms with Gasteiger partial charge < -0.3 is 15.5 Å². The van der Waals surface area contributed by atoms with Crippen molar-refractivity contribution in [3.8, 4) is 0 Å². The molecule has 2 atom stereocenters. The van der Waals surface area contributed by atoms with Gasteiger partial charge in [0.15, 0.2) is 5.96 Å². The molecule has 0 bridgehead atoms. The summed E-state index contributed by atoms with van der Waals surface area (Å²) < 4.78 is 0. The van der Waals surface area contributed by atoms with Gasteiger partial charge in [0.05, 0.1) is 6.54 Å². The predicted octanol–water partition coefficient (Wildman–Crippen LogP) is 0.656. The highest BCUT2D eigenvalue weighted by molar-refractivity contribution is 5.81. The Morgan fingerprint density at radius 2 is 2.44 bits per heavy atom. The van der Waals surface area contributed by atoms with Gasteiger partial charge in [-0.15, -0.1) is 0 Å². The first-order valence-electron chi connectivity index (χ1n) is 6.55. The largest absolute Gasteiger partial charge is 0.356 e. The maximum atomic E-state index is 4.41. The van der Waals surface area contributed by atoms with Gasteiger partial charge >= 0.3 is 0 Å². The third kappa shape index (κ3) is 3.11. The van der Waals surface area contributed by atoms with E-state index >= 15 is 0 Å². The Bertz CT molecular complexity index is 251. The van der Waals surface area contributed by atoms with Crippen molar-refractivity contribution in [2.24, 2.45) is 10.9 Å². The fraction of sp³-hybridized carbons (Fsp3) is 0.917. The van der Waals surface area contributed by atoms with Gasteiger partial charge in [0, 0.05) is 19.1 Å². The van der Waals surface area contributed by atoms with Crippen molar-refractivity contribution in [2.75, 3.05) is 32.7 Å². The first kappa shape index (κ1) is 11.7. The Hall–Kier alpha value is -0.770. The minimum atomic E-state index is 0.502. The molecular formula is C12H24N4. The fourth-order valence-corrected chi connectivity index (χ4v) is 2.50. The molecule has 0 aromatic heterocycles. The van der Waals surface area contributed by atoms with Crippen molar-refractivity contribution in [3.63, 3.8) is 0 Å². The van der Waals surface area contributed by atoms with Crippen LogP contribution >= 0.6 is 0 Å². The van der Waals surface area contributed by atoms with Gasteiger partial charge in [-0.2, -0.15) is 0 Å². The molecule has 2 rings (SSSR count). The van der Waals surface area contributed by atoms with E-state index in [4.69, 9.17) is 0 Å². The lowest BCUT2D eigenvalue weighted by atomic mass is 10.1. The Labute approximate surface area is 98.5 Å². The topological polar surface area (TPSA) is 39.7 Å². The molecule has 0 aromatic rings. The van der Waals surface area contributed by atoms with Gasteiger partial charge in [-0.3, -0.25) is 4.99 Å². The minimum Gasteiger partial charge on any atom is -0.356 e. The number of hydrogen-bond acceptors (Lipinski definition) is 4. The molecule has 0 aromatic carbocycles. The second-order valence-electron chi connectivity index (χ2n) is 5.07. The van der Waals surface area contributed by atoms with Crippen LogP contribution in [0.2, 0.25) is 0 Å². The van der Waals surface area contributed by atoms with E-state index in [1.807, 2.05) is 0 Å². The Balaban J connectivity index is 1.64. The van der Waals surface area contributed by atoms with Crippen molar-refractivity contribution in [3.05, 3.63) is 0 Å². The zero-order valence-electron chi connectivity index (χ0n) is 10.5. The lowest BCUT2D eigenvalue weighted by Gasteiger charge is -2.15. The number of rotatable bonds is 4. The predicted molar refractivity (Wildman–Crippen MR) is 67.7 cm³/mol. The van der Waals surface area contributed by atoms with Gasteiger partial charge in [-0.25, -0.2) is 0 Å². The van der Waals surface area contributed by atoms with Gasteiger partial charge in [-0.1, -0.05) is 6.92 Å². The van der Waals surface area contributed by atoms with Crippen LogP contribution in [0.3, 0.4) is 0 Å². The molecular weight excluding hydrogens is 200 g/mol. The number of guanidine groups is 1. The van der Waals surface area contributed by atoms with Crippen LogP contribution in [0.4, 0.5) is 0 Å². The summed E-state index contributed by atoms with van der Waals surface area (Å²) in [6, 6.07) is 0.502. The van der Waals surface area contributed by atoms with E-state index in [2.05, 4.69) is 34.4 Å². The van der Waals surface area contributed by atoms with Gasteiger partial charge in [0.25, 0.3) is 0 Å². The highest BCUT2D eigenvalue weighted by Gasteiger charge is 2.22. The lowest BCUT2D eigenvalue weighted by molar-refractivity contribution is 0.324. The summed E-state index contributed by atoms with van der Waals surface area (Å²) in [7, 11) is 0. The third-order valence-corrected chi connectivity index (χ3v) is 3.37. The molecule has 16 heavy (non-hydrogen) atoms. The Morgan fingerprint density at radius 1 is 1.56 bits per heavy atom. The van der Waals surface area contributed by atoms with E-state index < -0.39 is 0 Å². The summed E-state index contributed by atoms with van der Waals surface area (Å²) in [5.41, 5.74) is 0. The molecule has 0 aliphatic carbocycles. The number of aliphatic imine (C=N–C) groups is 1. The minimum absolute atomic E-state index is 0.502. The van der Waals surface area contributed by atoms with E-state index in [1.54, 1.807) is 0 Å². The van der Waals surface area contributed by atoms with Crippen molar-refractivity contribution in [1.82, 2.24) is 15.5 Å². The SMILES string of the molecule is CCCN1CCC(CNC2=NCC(C)N2)C1. The summed E-state index contributed by atoms with van der Waals surface area (Å²) in [6.45, 7) is 10.2. The lowest BCUT2D eigenvalue weighted by Crippen LogP contribution is -2.40. The zero-order chi connectivity index (χ0) is 11.4. The highest BCUT2D eigenvalue weighted by Crippen LogP contribution is 2.15. The molecule has 0 saturated carbocycles. The molecule has 0 radical (unpaired) electrons. The molecule has 0 spiro atoms. The monoisotopic (exact) mass is 224 g/mol. The second kappa shape index (κ2) is 5.53. The number of hydrogen-bond donors (Lipinski definition) is 2. The molecule has 2 heterocycles. The molecule has 1 fully saturated rings. The average Bonchev–Trinajstić information content (AvgIpc) is 2.85. The molecule has 2 unspecified atom stereocenters. The zero-order valence-corrected chi connectivity index (χ0v) is 10.5. The van der Waals surface area contributed by atoms with Crippen LogP contribution in [0.1, 0.15) is 26.7 Å². The summed E-state index contributed by atoms with van der Waals surface area (Å²) in [6.07, 6.45) is 2.60. The summed E-state index contributed by atoms with van der Waals surface area (Å²) in [5.74, 6) is 1.80. The summed E-state index contributed by atoms with van der Waals surface area (Å²) >= 11 is 0. The maximum Gasteiger partial charge on any atom is 0.191 e. The molecule has 2 N–H and O–H groups in total. The van der Waals surface area contributed by atoms with Crippen LogP contribution in [0.25, 0.3) is 0 Å². The molecule has 1 saturated heterocycles. The normalized spacial score (nSPS) is 30.2. The quantitative estimate of drug-likeness (QED) is 0.737. The molecule has 2 aliphatic rings. The van der Waals surface area contributed by atoms with Crippen LogP contribution in [0, 0.1) is 5.92 Å². The van der Waals surface area contributed by atoms with Gasteiger partial charge in [0.2, 0.25) is 0 Å². The first-order chi connectivity index (χ1) is 7.78. The van der Waals surface area contributed by atoms with Crippen LogP contribution in [0.15, 0.2) is 4.99 Å².